The number of rotatable bonds is 6. The van der Waals surface area contributed by atoms with Crippen molar-refractivity contribution >= 4 is 51.5 Å². The summed E-state index contributed by atoms with van der Waals surface area (Å²) in [6, 6.07) is 39.4. The Morgan fingerprint density at radius 3 is 1.42 bits per heavy atom. The summed E-state index contributed by atoms with van der Waals surface area (Å²) in [5, 5.41) is 3.92. The van der Waals surface area contributed by atoms with E-state index in [1.54, 1.807) is 5.54 Å². The maximum atomic E-state index is 6.77. The maximum Gasteiger partial charge on any atom is 0.211 e. The smallest absolute Gasteiger partial charge is 0.211 e. The Balaban J connectivity index is 0.00000306. The molecule has 0 heterocycles. The van der Waals surface area contributed by atoms with E-state index in [1.807, 2.05) is 42.5 Å². The molecule has 0 fully saturated rings. The Bertz CT molecular complexity index is 1130. The zero-order valence-corrected chi connectivity index (χ0v) is 21.2. The van der Waals surface area contributed by atoms with Crippen LogP contribution in [-0.2, 0) is 0 Å². The molecule has 0 saturated carbocycles. The summed E-state index contributed by atoms with van der Waals surface area (Å²) in [6.07, 6.45) is 0. The van der Waals surface area contributed by atoms with Gasteiger partial charge < -0.3 is 12.4 Å². The lowest BCUT2D eigenvalue weighted by Crippen LogP contribution is -3.00. The van der Waals surface area contributed by atoms with Crippen molar-refractivity contribution in [3.8, 4) is 0 Å². The molecule has 0 aliphatic heterocycles. The van der Waals surface area contributed by atoms with Crippen LogP contribution in [0.5, 0.6) is 0 Å². The van der Waals surface area contributed by atoms with Crippen LogP contribution in [0.2, 0.25) is 0 Å². The second-order valence-electron chi connectivity index (χ2n) is 7.41. The van der Waals surface area contributed by atoms with E-state index in [-0.39, 0.29) is 12.4 Å². The molecule has 0 unspecified atom stereocenters. The molecule has 4 aromatic carbocycles. The third-order valence-electron chi connectivity index (χ3n) is 5.37. The van der Waals surface area contributed by atoms with Gasteiger partial charge in [0.2, 0.25) is 5.44 Å². The fourth-order valence-corrected chi connectivity index (χ4v) is 8.53. The van der Waals surface area contributed by atoms with Crippen molar-refractivity contribution in [2.24, 2.45) is 4.99 Å². The molecule has 0 radical (unpaired) electrons. The van der Waals surface area contributed by atoms with E-state index in [1.165, 1.54) is 21.5 Å². The first-order valence-corrected chi connectivity index (χ1v) is 12.9. The Hall–Kier alpha value is -2.41. The van der Waals surface area contributed by atoms with Gasteiger partial charge in [-0.25, -0.2) is 0 Å². The highest BCUT2D eigenvalue weighted by molar-refractivity contribution is 7.99. The van der Waals surface area contributed by atoms with Gasteiger partial charge in [0.25, 0.3) is 0 Å². The van der Waals surface area contributed by atoms with Crippen LogP contribution in [0.15, 0.2) is 131 Å². The minimum Gasteiger partial charge on any atom is -1.00 e. The number of aliphatic imine (C=N–C) groups is 1. The van der Waals surface area contributed by atoms with Crippen LogP contribution in [0.25, 0.3) is 0 Å². The Kier molecular flexibility index (Phi) is 8.89. The second-order valence-corrected chi connectivity index (χ2v) is 11.3. The van der Waals surface area contributed by atoms with Gasteiger partial charge in [0.05, 0.1) is 5.54 Å². The van der Waals surface area contributed by atoms with Gasteiger partial charge in [0, 0.05) is 5.56 Å². The summed E-state index contributed by atoms with van der Waals surface area (Å²) in [5.74, 6) is 0. The minimum absolute atomic E-state index is 0. The third-order valence-corrected chi connectivity index (χ3v) is 10.2. The molecule has 0 amide bonds. The Morgan fingerprint density at radius 1 is 0.667 bits per heavy atom. The van der Waals surface area contributed by atoms with Gasteiger partial charge in [-0.2, -0.15) is 4.99 Å². The summed E-state index contributed by atoms with van der Waals surface area (Å²) in [4.78, 5) is 4.96. The van der Waals surface area contributed by atoms with Crippen molar-refractivity contribution < 1.29 is 12.4 Å². The average molecular weight is 511 g/mol. The van der Waals surface area contributed by atoms with Crippen LogP contribution in [0.4, 0.5) is 0 Å². The molecule has 0 N–H and O–H groups in total. The van der Waals surface area contributed by atoms with Crippen LogP contribution in [0, 0.1) is 6.92 Å². The standard InChI is InChI=1S/C28H23Cl2NP.ClH/c1-22-17-19-23(20-18-22)28(30)31-27(21-29)32(24-11-5-2-6-12-24,25-13-7-3-8-14-25)26-15-9-4-10-16-26;/h2-21H,1H3;1H/q+1;/p-1/b27-21+,31-28-;. The number of hydrogen-bond acceptors (Lipinski definition) is 1. The fourth-order valence-electron chi connectivity index (χ4n) is 3.83. The monoisotopic (exact) mass is 509 g/mol. The van der Waals surface area contributed by atoms with Crippen LogP contribution < -0.4 is 28.3 Å². The van der Waals surface area contributed by atoms with Gasteiger partial charge in [-0.3, -0.25) is 0 Å². The summed E-state index contributed by atoms with van der Waals surface area (Å²) in [5.41, 5.74) is 4.39. The average Bonchev–Trinajstić information content (AvgIpc) is 2.86. The number of nitrogens with zero attached hydrogens (tertiary/aromatic N) is 1. The molecule has 0 aliphatic rings. The first kappa shape index (κ1) is 25.2. The molecule has 4 rings (SSSR count). The van der Waals surface area contributed by atoms with Crippen molar-refractivity contribution in [2.75, 3.05) is 0 Å². The summed E-state index contributed by atoms with van der Waals surface area (Å²) < 4.78 is 0. The van der Waals surface area contributed by atoms with Crippen LogP contribution >= 0.6 is 30.5 Å². The van der Waals surface area contributed by atoms with Gasteiger partial charge in [-0.1, -0.05) is 108 Å². The summed E-state index contributed by atoms with van der Waals surface area (Å²) >= 11 is 13.3. The van der Waals surface area contributed by atoms with Crippen molar-refractivity contribution in [2.45, 2.75) is 6.92 Å². The maximum absolute atomic E-state index is 6.77. The lowest BCUT2D eigenvalue weighted by Gasteiger charge is -2.27. The topological polar surface area (TPSA) is 12.4 Å². The van der Waals surface area contributed by atoms with Crippen LogP contribution in [0.1, 0.15) is 11.1 Å². The zero-order valence-electron chi connectivity index (χ0n) is 18.1. The van der Waals surface area contributed by atoms with E-state index in [0.29, 0.717) is 5.17 Å². The molecule has 0 bridgehead atoms. The van der Waals surface area contributed by atoms with E-state index >= 15 is 0 Å². The highest BCUT2D eigenvalue weighted by atomic mass is 35.5. The Labute approximate surface area is 212 Å². The molecule has 4 aromatic rings. The van der Waals surface area contributed by atoms with E-state index in [2.05, 4.69) is 79.7 Å². The predicted octanol–water partition coefficient (Wildman–Crippen LogP) is 4.02. The summed E-state index contributed by atoms with van der Waals surface area (Å²) in [6.45, 7) is 2.05. The second kappa shape index (κ2) is 11.6. The van der Waals surface area contributed by atoms with Gasteiger partial charge in [-0.05, 0) is 43.3 Å². The highest BCUT2D eigenvalue weighted by Crippen LogP contribution is 2.63. The molecule has 1 nitrogen and oxygen atoms in total. The highest BCUT2D eigenvalue weighted by Gasteiger charge is 2.50. The van der Waals surface area contributed by atoms with Gasteiger partial charge in [0.15, 0.2) is 7.26 Å². The van der Waals surface area contributed by atoms with Crippen molar-refractivity contribution in [1.29, 1.82) is 0 Å². The number of halogens is 3. The van der Waals surface area contributed by atoms with Gasteiger partial charge in [0.1, 0.15) is 21.1 Å². The molecular weight excluding hydrogens is 488 g/mol. The normalized spacial score (nSPS) is 12.2. The molecule has 166 valence electrons. The molecule has 0 aliphatic carbocycles. The van der Waals surface area contributed by atoms with Gasteiger partial charge >= 0.3 is 0 Å². The van der Waals surface area contributed by atoms with Crippen LogP contribution in [-0.4, -0.2) is 5.17 Å². The van der Waals surface area contributed by atoms with E-state index in [4.69, 9.17) is 28.2 Å². The molecule has 0 aromatic heterocycles. The molecule has 0 atom stereocenters. The van der Waals surface area contributed by atoms with Gasteiger partial charge in [-0.15, -0.1) is 0 Å². The molecule has 0 saturated heterocycles. The lowest BCUT2D eigenvalue weighted by atomic mass is 10.2. The van der Waals surface area contributed by atoms with E-state index < -0.39 is 7.26 Å². The first-order valence-electron chi connectivity index (χ1n) is 10.3. The van der Waals surface area contributed by atoms with Crippen molar-refractivity contribution in [3.05, 3.63) is 137 Å². The van der Waals surface area contributed by atoms with E-state index in [0.717, 1.165) is 11.0 Å². The zero-order chi connectivity index (χ0) is 22.4. The van der Waals surface area contributed by atoms with E-state index in [9.17, 15) is 0 Å². The Morgan fingerprint density at radius 2 is 1.06 bits per heavy atom. The molecule has 33 heavy (non-hydrogen) atoms. The molecule has 5 heteroatoms. The number of hydrogen-bond donors (Lipinski definition) is 0. The number of benzene rings is 4. The number of aryl methyl sites for hydroxylation is 1. The minimum atomic E-state index is -2.39. The molecule has 0 spiro atoms. The first-order chi connectivity index (χ1) is 15.7. The lowest BCUT2D eigenvalue weighted by molar-refractivity contribution is -0.00000608. The predicted molar refractivity (Wildman–Crippen MR) is 143 cm³/mol. The largest absolute Gasteiger partial charge is 1.00 e. The third kappa shape index (κ3) is 5.24. The SMILES string of the molecule is Cc1ccc(/C(Cl)=N/C(=C\Cl)[P+](c2ccccc2)(c2ccccc2)c2ccccc2)cc1.[Cl-]. The molecular formula is C28H23Cl3NP. The van der Waals surface area contributed by atoms with Crippen molar-refractivity contribution in [3.63, 3.8) is 0 Å². The summed E-state index contributed by atoms with van der Waals surface area (Å²) in [7, 11) is -2.39. The van der Waals surface area contributed by atoms with Crippen LogP contribution in [0.3, 0.4) is 0 Å². The fraction of sp³-hybridized carbons (Fsp3) is 0.0357. The van der Waals surface area contributed by atoms with Crippen molar-refractivity contribution in [1.82, 2.24) is 0 Å². The quantitative estimate of drug-likeness (QED) is 0.275.